The van der Waals surface area contributed by atoms with Gasteiger partial charge in [0.05, 0.1) is 24.5 Å². The van der Waals surface area contributed by atoms with Crippen LogP contribution in [-0.2, 0) is 30.4 Å². The number of allylic oxidation sites excluding steroid dienone is 1. The summed E-state index contributed by atoms with van der Waals surface area (Å²) in [6.07, 6.45) is 7.01. The maximum absolute atomic E-state index is 14.3. The van der Waals surface area contributed by atoms with Gasteiger partial charge >= 0.3 is 11.9 Å². The number of rotatable bonds is 13. The van der Waals surface area contributed by atoms with E-state index in [2.05, 4.69) is 53.4 Å². The van der Waals surface area contributed by atoms with Gasteiger partial charge in [0.25, 0.3) is 0 Å². The molecule has 4 saturated carbocycles. The number of benzene rings is 1. The van der Waals surface area contributed by atoms with E-state index in [1.54, 1.807) is 21.0 Å². The highest BCUT2D eigenvalue weighted by molar-refractivity contribution is 6.30. The number of aliphatic hydroxyl groups excluding tert-OH is 1. The van der Waals surface area contributed by atoms with Gasteiger partial charge in [-0.05, 0) is 128 Å². The van der Waals surface area contributed by atoms with Crippen LogP contribution < -0.4 is 0 Å². The normalized spacial score (nSPS) is 35.8. The fourth-order valence-corrected chi connectivity index (χ4v) is 13.8. The molecule has 5 aliphatic carbocycles. The summed E-state index contributed by atoms with van der Waals surface area (Å²) in [6.45, 7) is 22.0. The summed E-state index contributed by atoms with van der Waals surface area (Å²) < 4.78 is 11.7. The lowest BCUT2D eigenvalue weighted by molar-refractivity contribution is -0.235. The standard InChI is InChI=1S/C47H70ClNO7/c1-29(2)39-33(50)25-47(36(51)28-49(23-24-55-10)27-30-11-13-31(48)14-12-30)22-21-45(8)32(40(39)47)15-16-35-44(7)19-18-37(56-38(52)26-42(3,4)41(53)54)43(5,6)34(44)17-20-46(35,45)9/h11-14,29,32,34-37,51H,15-28H2,1-10H3,(H,53,54)/t32-,34+,35-,36+,37+,44+,45-,46-,47+/m1/s1. The van der Waals surface area contributed by atoms with E-state index in [0.717, 1.165) is 62.5 Å². The third-order valence-corrected chi connectivity index (χ3v) is 17.1. The van der Waals surface area contributed by atoms with E-state index < -0.39 is 28.9 Å². The Morgan fingerprint density at radius 2 is 1.62 bits per heavy atom. The maximum Gasteiger partial charge on any atom is 0.309 e. The number of carboxylic acid groups (broad SMARTS) is 1. The molecule has 0 aromatic heterocycles. The SMILES string of the molecule is COCCN(Cc1ccc(Cl)cc1)C[C@H](O)[C@@]12CC[C@]3(C)[C@H](CC[C@@H]4[C@@]5(C)CC[C@H](OC(=O)CC(C)(C)C(=O)O)C(C)(C)[C@@H]5CC[C@]43C)C1=C(C(C)C)C(=O)C2. The lowest BCUT2D eigenvalue weighted by Crippen LogP contribution is -2.66. The molecule has 5 aliphatic rings. The highest BCUT2D eigenvalue weighted by atomic mass is 35.5. The van der Waals surface area contributed by atoms with Crippen LogP contribution in [0.1, 0.15) is 132 Å². The molecule has 0 spiro atoms. The Morgan fingerprint density at radius 3 is 2.25 bits per heavy atom. The summed E-state index contributed by atoms with van der Waals surface area (Å²) in [4.78, 5) is 41.5. The Kier molecular flexibility index (Phi) is 11.9. The van der Waals surface area contributed by atoms with E-state index in [0.29, 0.717) is 49.5 Å². The fraction of sp³-hybridized carbons (Fsp3) is 0.766. The number of fused-ring (bicyclic) bond motifs is 7. The van der Waals surface area contributed by atoms with Gasteiger partial charge in [-0.15, -0.1) is 0 Å². The third-order valence-electron chi connectivity index (χ3n) is 16.9. The number of esters is 1. The van der Waals surface area contributed by atoms with Crippen LogP contribution >= 0.6 is 11.6 Å². The molecule has 0 bridgehead atoms. The summed E-state index contributed by atoms with van der Waals surface area (Å²) >= 11 is 6.21. The minimum absolute atomic E-state index is 0.0309. The second-order valence-electron chi connectivity index (χ2n) is 20.9. The monoisotopic (exact) mass is 795 g/mol. The topological polar surface area (TPSA) is 113 Å². The molecule has 0 unspecified atom stereocenters. The number of carbonyl (C=O) groups excluding carboxylic acids is 2. The van der Waals surface area contributed by atoms with E-state index in [9.17, 15) is 24.6 Å². The van der Waals surface area contributed by atoms with Crippen molar-refractivity contribution < 1.29 is 34.1 Å². The second-order valence-corrected chi connectivity index (χ2v) is 21.4. The van der Waals surface area contributed by atoms with Gasteiger partial charge in [-0.2, -0.15) is 0 Å². The van der Waals surface area contributed by atoms with Crippen LogP contribution in [0, 0.1) is 56.2 Å². The van der Waals surface area contributed by atoms with Gasteiger partial charge in [-0.3, -0.25) is 19.3 Å². The molecule has 8 nitrogen and oxygen atoms in total. The summed E-state index contributed by atoms with van der Waals surface area (Å²) in [6, 6.07) is 7.90. The van der Waals surface area contributed by atoms with Crippen LogP contribution in [0.3, 0.4) is 0 Å². The largest absolute Gasteiger partial charge is 0.481 e. The Bertz CT molecular complexity index is 1700. The first-order chi connectivity index (χ1) is 26.1. The van der Waals surface area contributed by atoms with E-state index in [-0.39, 0.29) is 51.8 Å². The molecule has 2 N–H and O–H groups in total. The van der Waals surface area contributed by atoms with Crippen molar-refractivity contribution in [2.75, 3.05) is 26.8 Å². The number of carbonyl (C=O) groups is 3. The molecule has 1 aromatic rings. The molecular weight excluding hydrogens is 726 g/mol. The zero-order valence-corrected chi connectivity index (χ0v) is 36.7. The smallest absolute Gasteiger partial charge is 0.309 e. The first-order valence-electron chi connectivity index (χ1n) is 21.4. The first-order valence-corrected chi connectivity index (χ1v) is 21.8. The summed E-state index contributed by atoms with van der Waals surface area (Å²) in [5, 5.41) is 22.9. The number of nitrogens with zero attached hydrogens (tertiary/aromatic N) is 1. The lowest BCUT2D eigenvalue weighted by Gasteiger charge is -2.72. The number of aliphatic carboxylic acids is 1. The molecule has 0 heterocycles. The van der Waals surface area contributed by atoms with Crippen LogP contribution in [0.2, 0.25) is 5.02 Å². The van der Waals surface area contributed by atoms with Crippen molar-refractivity contribution >= 4 is 29.3 Å². The van der Waals surface area contributed by atoms with Crippen LogP contribution in [0.15, 0.2) is 35.4 Å². The molecule has 56 heavy (non-hydrogen) atoms. The summed E-state index contributed by atoms with van der Waals surface area (Å²) in [5.74, 6) is -0.0515. The van der Waals surface area contributed by atoms with Gasteiger partial charge in [0.15, 0.2) is 5.78 Å². The minimum atomic E-state index is -1.17. The average molecular weight is 797 g/mol. The fourth-order valence-electron chi connectivity index (χ4n) is 13.6. The summed E-state index contributed by atoms with van der Waals surface area (Å²) in [5.41, 5.74) is 1.43. The Morgan fingerprint density at radius 1 is 0.946 bits per heavy atom. The average Bonchev–Trinajstić information content (AvgIpc) is 3.42. The highest BCUT2D eigenvalue weighted by Crippen LogP contribution is 2.77. The molecule has 0 saturated heterocycles. The van der Waals surface area contributed by atoms with E-state index in [4.69, 9.17) is 21.1 Å². The van der Waals surface area contributed by atoms with Crippen molar-refractivity contribution in [3.63, 3.8) is 0 Å². The van der Waals surface area contributed by atoms with Gasteiger partial charge < -0.3 is 19.7 Å². The molecule has 1 aromatic carbocycles. The van der Waals surface area contributed by atoms with Gasteiger partial charge in [0.2, 0.25) is 0 Å². The predicted molar refractivity (Wildman–Crippen MR) is 220 cm³/mol. The van der Waals surface area contributed by atoms with E-state index >= 15 is 0 Å². The number of methoxy groups -OCH3 is 1. The number of ketones is 1. The molecule has 0 amide bonds. The van der Waals surface area contributed by atoms with Gasteiger partial charge in [-0.25, -0.2) is 0 Å². The molecule has 6 rings (SSSR count). The molecule has 0 aliphatic heterocycles. The van der Waals surface area contributed by atoms with E-state index in [1.807, 2.05) is 24.3 Å². The number of ether oxygens (including phenoxy) is 2. The van der Waals surface area contributed by atoms with Gasteiger partial charge in [0, 0.05) is 49.0 Å². The molecule has 9 heteroatoms. The zero-order chi connectivity index (χ0) is 41.2. The van der Waals surface area contributed by atoms with Crippen molar-refractivity contribution in [1.29, 1.82) is 0 Å². The molecule has 0 radical (unpaired) electrons. The molecule has 312 valence electrons. The number of hydrogen-bond donors (Lipinski definition) is 2. The van der Waals surface area contributed by atoms with Crippen molar-refractivity contribution in [3.8, 4) is 0 Å². The number of Topliss-reactive ketones (excluding diaryl/α,β-unsaturated/α-hetero) is 1. The minimum Gasteiger partial charge on any atom is -0.481 e. The summed E-state index contributed by atoms with van der Waals surface area (Å²) in [7, 11) is 1.71. The zero-order valence-electron chi connectivity index (χ0n) is 35.9. The maximum atomic E-state index is 14.3. The van der Waals surface area contributed by atoms with Crippen molar-refractivity contribution in [1.82, 2.24) is 4.90 Å². The number of carboxylic acids is 1. The van der Waals surface area contributed by atoms with E-state index in [1.165, 1.54) is 5.57 Å². The quantitative estimate of drug-likeness (QED) is 0.190. The Labute approximate surface area is 341 Å². The highest BCUT2D eigenvalue weighted by Gasteiger charge is 2.71. The van der Waals surface area contributed by atoms with Crippen molar-refractivity contribution in [2.24, 2.45) is 56.2 Å². The Hall–Kier alpha value is -2.26. The molecular formula is C47H70ClNO7. The van der Waals surface area contributed by atoms with Crippen LogP contribution in [0.5, 0.6) is 0 Å². The first kappa shape index (κ1) is 43.3. The third kappa shape index (κ3) is 7.12. The second kappa shape index (κ2) is 15.4. The van der Waals surface area contributed by atoms with Gasteiger partial charge in [-0.1, -0.05) is 77.8 Å². The van der Waals surface area contributed by atoms with Crippen LogP contribution in [0.4, 0.5) is 0 Å². The van der Waals surface area contributed by atoms with Crippen molar-refractivity contribution in [3.05, 3.63) is 46.0 Å². The number of aliphatic hydroxyl groups is 1. The number of halogens is 1. The predicted octanol–water partition coefficient (Wildman–Crippen LogP) is 9.54. The Balaban J connectivity index is 1.28. The number of hydrogen-bond acceptors (Lipinski definition) is 7. The van der Waals surface area contributed by atoms with Crippen molar-refractivity contribution in [2.45, 2.75) is 145 Å². The van der Waals surface area contributed by atoms with Crippen LogP contribution in [-0.4, -0.2) is 71.8 Å². The van der Waals surface area contributed by atoms with Crippen LogP contribution in [0.25, 0.3) is 0 Å². The lowest BCUT2D eigenvalue weighted by atomic mass is 9.33. The molecule has 9 atom stereocenters. The van der Waals surface area contributed by atoms with Gasteiger partial charge in [0.1, 0.15) is 6.10 Å². The molecule has 4 fully saturated rings.